The summed E-state index contributed by atoms with van der Waals surface area (Å²) in [7, 11) is -2.12. The molecule has 2 bridgehead atoms. The fourth-order valence-electron chi connectivity index (χ4n) is 1.22. The van der Waals surface area contributed by atoms with E-state index < -0.39 is 7.94 Å². The Morgan fingerprint density at radius 1 is 1.00 bits per heavy atom. The van der Waals surface area contributed by atoms with Crippen LogP contribution in [0.5, 0.6) is 0 Å². The minimum Gasteiger partial charge on any atom is -0.267 e. The van der Waals surface area contributed by atoms with E-state index >= 15 is 0 Å². The smallest absolute Gasteiger partial charge is 0.267 e. The van der Waals surface area contributed by atoms with Crippen LogP contribution in [0.25, 0.3) is 0 Å². The second-order valence-electron chi connectivity index (χ2n) is 2.56. The van der Waals surface area contributed by atoms with Crippen molar-refractivity contribution < 1.29 is 13.6 Å². The second-order valence-corrected chi connectivity index (χ2v) is 4.65. The van der Waals surface area contributed by atoms with Crippen LogP contribution in [0.2, 0.25) is 0 Å². The zero-order chi connectivity index (χ0) is 8.02. The van der Waals surface area contributed by atoms with Gasteiger partial charge < -0.3 is 0 Å². The molecule has 12 heavy (non-hydrogen) atoms. The Hall–Kier alpha value is -1.21. The van der Waals surface area contributed by atoms with Gasteiger partial charge in [-0.15, -0.1) is 0 Å². The van der Waals surface area contributed by atoms with Crippen molar-refractivity contribution in [3.63, 3.8) is 0 Å². The van der Waals surface area contributed by atoms with Crippen molar-refractivity contribution in [2.75, 3.05) is 0 Å². The summed E-state index contributed by atoms with van der Waals surface area (Å²) in [5.74, 6) is 0.507. The summed E-state index contributed by atoms with van der Waals surface area (Å²) in [6.45, 7) is 0. The number of benzene rings is 1. The number of hydrogen-bond donors (Lipinski definition) is 0. The first-order chi connectivity index (χ1) is 5.89. The van der Waals surface area contributed by atoms with Gasteiger partial charge in [-0.2, -0.15) is 0 Å². The van der Waals surface area contributed by atoms with E-state index in [1.165, 1.54) is 6.26 Å². The molecule has 3 heterocycles. The molecule has 1 aromatic carbocycles. The minimum absolute atomic E-state index is 0.507. The minimum atomic E-state index is -2.12. The molecule has 3 aliphatic rings. The average Bonchev–Trinajstić information content (AvgIpc) is 2.63. The predicted molar refractivity (Wildman–Crippen MR) is 44.3 cm³/mol. The van der Waals surface area contributed by atoms with Gasteiger partial charge >= 0.3 is 13.9 Å². The van der Waals surface area contributed by atoms with Crippen molar-refractivity contribution in [2.45, 2.75) is 0 Å². The molecule has 0 aliphatic carbocycles. The quantitative estimate of drug-likeness (QED) is 0.619. The average molecular weight is 181 g/mol. The van der Waals surface area contributed by atoms with Gasteiger partial charge in [-0.3, -0.25) is 4.52 Å². The van der Waals surface area contributed by atoms with Gasteiger partial charge in [-0.1, -0.05) is 18.2 Å². The fraction of sp³-hybridized carbons (Fsp3) is 0. The van der Waals surface area contributed by atoms with Gasteiger partial charge in [0.15, 0.2) is 0 Å². The molecule has 0 atom stereocenters. The molecular weight excluding hydrogens is 175 g/mol. The Bertz CT molecular complexity index is 333. The van der Waals surface area contributed by atoms with Crippen LogP contribution >= 0.6 is 7.94 Å². The maximum Gasteiger partial charge on any atom is 0.586 e. The third kappa shape index (κ3) is 0.644. The molecule has 3 aliphatic heterocycles. The Kier molecular flexibility index (Phi) is 1.02. The highest BCUT2D eigenvalue weighted by Crippen LogP contribution is 2.76. The highest BCUT2D eigenvalue weighted by molar-refractivity contribution is 7.71. The lowest BCUT2D eigenvalue weighted by molar-refractivity contribution is 0.129. The van der Waals surface area contributed by atoms with Crippen LogP contribution in [-0.4, -0.2) is 0 Å². The van der Waals surface area contributed by atoms with E-state index in [1.807, 2.05) is 30.3 Å². The molecule has 0 saturated carbocycles. The highest BCUT2D eigenvalue weighted by Gasteiger charge is 2.68. The summed E-state index contributed by atoms with van der Waals surface area (Å²) in [6, 6.07) is 9.73. The zero-order valence-electron chi connectivity index (χ0n) is 6.14. The lowest BCUT2D eigenvalue weighted by Crippen LogP contribution is -2.19. The lowest BCUT2D eigenvalue weighted by atomic mass is 10.4. The molecule has 1 fully saturated rings. The van der Waals surface area contributed by atoms with E-state index in [1.54, 1.807) is 0 Å². The summed E-state index contributed by atoms with van der Waals surface area (Å²) < 4.78 is 16.0. The van der Waals surface area contributed by atoms with Crippen LogP contribution in [0.3, 0.4) is 0 Å². The first-order valence-corrected chi connectivity index (χ1v) is 5.16. The van der Waals surface area contributed by atoms with Crippen molar-refractivity contribution in [1.82, 2.24) is 0 Å². The fourth-order valence-corrected chi connectivity index (χ4v) is 2.97. The van der Waals surface area contributed by atoms with E-state index in [9.17, 15) is 0 Å². The van der Waals surface area contributed by atoms with Crippen molar-refractivity contribution >= 4 is 13.2 Å². The molecular formula is C8H6O3P+. The van der Waals surface area contributed by atoms with Crippen molar-refractivity contribution in [1.29, 1.82) is 0 Å². The normalized spacial score (nSPS) is 21.2. The number of rotatable bonds is 1. The third-order valence-electron chi connectivity index (χ3n) is 1.78. The topological polar surface area (TPSA) is 27.7 Å². The Labute approximate surface area is 70.1 Å². The summed E-state index contributed by atoms with van der Waals surface area (Å²) in [4.78, 5) is 0. The van der Waals surface area contributed by atoms with E-state index in [4.69, 9.17) is 13.6 Å². The molecule has 0 aromatic heterocycles. The van der Waals surface area contributed by atoms with Crippen molar-refractivity contribution in [3.8, 4) is 0 Å². The van der Waals surface area contributed by atoms with Gasteiger partial charge in [0.2, 0.25) is 11.6 Å². The van der Waals surface area contributed by atoms with E-state index in [0.29, 0.717) is 5.95 Å². The van der Waals surface area contributed by atoms with Gasteiger partial charge in [-0.05, 0) is 12.1 Å². The lowest BCUT2D eigenvalue weighted by Gasteiger charge is -2.19. The molecule has 1 aromatic rings. The van der Waals surface area contributed by atoms with Gasteiger partial charge in [0.25, 0.3) is 0 Å². The number of fused-ring (bicyclic) bond motifs is 1. The molecule has 0 N–H and O–H groups in total. The van der Waals surface area contributed by atoms with Crippen LogP contribution in [0, 0.1) is 0 Å². The van der Waals surface area contributed by atoms with Crippen LogP contribution < -0.4 is 5.30 Å². The molecule has 0 spiro atoms. The standard InChI is InChI=1S/C8H6O3P/c1-2-4-7(5-3-1)12-9-6-8(10-12)11-12/h1-6H/q+1. The molecule has 0 radical (unpaired) electrons. The van der Waals surface area contributed by atoms with E-state index in [0.717, 1.165) is 5.30 Å². The van der Waals surface area contributed by atoms with E-state index in [2.05, 4.69) is 0 Å². The van der Waals surface area contributed by atoms with Crippen LogP contribution in [0.15, 0.2) is 42.5 Å². The van der Waals surface area contributed by atoms with E-state index in [-0.39, 0.29) is 0 Å². The van der Waals surface area contributed by atoms with Gasteiger partial charge in [-0.25, -0.2) is 9.05 Å². The van der Waals surface area contributed by atoms with Crippen molar-refractivity contribution in [3.05, 3.63) is 42.5 Å². The van der Waals surface area contributed by atoms with Crippen LogP contribution in [0.4, 0.5) is 0 Å². The summed E-state index contributed by atoms with van der Waals surface area (Å²) in [5.41, 5.74) is 0. The van der Waals surface area contributed by atoms with Crippen LogP contribution in [-0.2, 0) is 13.6 Å². The maximum atomic E-state index is 5.35. The number of hydrogen-bond acceptors (Lipinski definition) is 3. The molecule has 60 valence electrons. The Morgan fingerprint density at radius 2 is 1.75 bits per heavy atom. The highest BCUT2D eigenvalue weighted by atomic mass is 31.2. The summed E-state index contributed by atoms with van der Waals surface area (Å²) >= 11 is 0. The second kappa shape index (κ2) is 1.93. The van der Waals surface area contributed by atoms with Gasteiger partial charge in [0, 0.05) is 0 Å². The Balaban J connectivity index is 2.01. The molecule has 0 amide bonds. The predicted octanol–water partition coefficient (Wildman–Crippen LogP) is 1.95. The largest absolute Gasteiger partial charge is 0.586 e. The third-order valence-corrected chi connectivity index (χ3v) is 3.93. The molecule has 3 nitrogen and oxygen atoms in total. The molecule has 4 heteroatoms. The van der Waals surface area contributed by atoms with Crippen molar-refractivity contribution in [2.24, 2.45) is 0 Å². The molecule has 1 saturated heterocycles. The molecule has 0 unspecified atom stereocenters. The summed E-state index contributed by atoms with van der Waals surface area (Å²) in [6.07, 6.45) is 1.53. The SMILES string of the molecule is C1=C2O[P+](c3ccccc3)(O1)O2. The molecule has 4 rings (SSSR count). The van der Waals surface area contributed by atoms with Gasteiger partial charge in [0.1, 0.15) is 0 Å². The zero-order valence-corrected chi connectivity index (χ0v) is 7.03. The Morgan fingerprint density at radius 3 is 2.33 bits per heavy atom. The first kappa shape index (κ1) is 6.32. The first-order valence-electron chi connectivity index (χ1n) is 3.61. The maximum absolute atomic E-state index is 5.35. The summed E-state index contributed by atoms with van der Waals surface area (Å²) in [5, 5.41) is 0.988. The van der Waals surface area contributed by atoms with Gasteiger partial charge in [0.05, 0.1) is 0 Å². The van der Waals surface area contributed by atoms with Crippen LogP contribution in [0.1, 0.15) is 0 Å². The monoisotopic (exact) mass is 181 g/mol.